The molecule has 1 amide bonds. The number of carbonyl (C=O) groups excluding carboxylic acids is 1. The van der Waals surface area contributed by atoms with Gasteiger partial charge in [-0.25, -0.2) is 4.98 Å². The molecule has 2 heterocycles. The summed E-state index contributed by atoms with van der Waals surface area (Å²) in [4.78, 5) is 16.5. The number of thiazole rings is 1. The summed E-state index contributed by atoms with van der Waals surface area (Å²) in [6, 6.07) is 11.5. The lowest BCUT2D eigenvalue weighted by Gasteiger charge is -2.04. The van der Waals surface area contributed by atoms with E-state index in [0.717, 1.165) is 16.3 Å². The van der Waals surface area contributed by atoms with Crippen LogP contribution in [0.1, 0.15) is 26.7 Å². The van der Waals surface area contributed by atoms with Crippen LogP contribution < -0.4 is 5.32 Å². The molecule has 0 atom stereocenters. The molecule has 5 heteroatoms. The van der Waals surface area contributed by atoms with Gasteiger partial charge in [0.05, 0.1) is 5.01 Å². The Morgan fingerprint density at radius 2 is 2.14 bits per heavy atom. The minimum Gasteiger partial charge on any atom is -0.449 e. The van der Waals surface area contributed by atoms with E-state index in [0.29, 0.717) is 18.1 Å². The topological polar surface area (TPSA) is 55.1 Å². The second-order valence-electron chi connectivity index (χ2n) is 5.09. The lowest BCUT2D eigenvalue weighted by atomic mass is 10.1. The summed E-state index contributed by atoms with van der Waals surface area (Å²) in [5.74, 6) is 0.693. The highest BCUT2D eigenvalue weighted by atomic mass is 32.1. The van der Waals surface area contributed by atoms with E-state index in [1.807, 2.05) is 43.5 Å². The highest BCUT2D eigenvalue weighted by molar-refractivity contribution is 7.09. The predicted molar refractivity (Wildman–Crippen MR) is 86.9 cm³/mol. The molecule has 3 rings (SSSR count). The molecule has 0 unspecified atom stereocenters. The van der Waals surface area contributed by atoms with Gasteiger partial charge in [0, 0.05) is 11.9 Å². The third-order valence-corrected chi connectivity index (χ3v) is 4.01. The van der Waals surface area contributed by atoms with Gasteiger partial charge >= 0.3 is 0 Å². The molecular formula is C17H16N2O2S. The second-order valence-corrected chi connectivity index (χ2v) is 6.15. The van der Waals surface area contributed by atoms with Gasteiger partial charge in [-0.05, 0) is 31.5 Å². The van der Waals surface area contributed by atoms with Crippen LogP contribution >= 0.6 is 11.3 Å². The van der Waals surface area contributed by atoms with Crippen LogP contribution in [0.5, 0.6) is 0 Å². The van der Waals surface area contributed by atoms with Crippen molar-refractivity contribution in [2.24, 2.45) is 0 Å². The first-order chi connectivity index (χ1) is 10.6. The summed E-state index contributed by atoms with van der Waals surface area (Å²) in [5, 5.41) is 5.75. The van der Waals surface area contributed by atoms with Crippen molar-refractivity contribution in [2.45, 2.75) is 20.4 Å². The number of nitrogens with one attached hydrogen (secondary N) is 1. The number of rotatable bonds is 4. The molecule has 3 aromatic rings. The number of carbonyl (C=O) groups is 1. The summed E-state index contributed by atoms with van der Waals surface area (Å²) in [6.45, 7) is 4.44. The fourth-order valence-corrected chi connectivity index (χ4v) is 2.77. The Kier molecular flexibility index (Phi) is 4.06. The van der Waals surface area contributed by atoms with Crippen molar-refractivity contribution in [3.05, 3.63) is 63.7 Å². The first-order valence-corrected chi connectivity index (χ1v) is 7.86. The molecule has 0 saturated carbocycles. The number of hydrogen-bond donors (Lipinski definition) is 1. The lowest BCUT2D eigenvalue weighted by Crippen LogP contribution is -2.22. The molecule has 1 aromatic carbocycles. The van der Waals surface area contributed by atoms with Crippen LogP contribution in [-0.4, -0.2) is 10.9 Å². The van der Waals surface area contributed by atoms with Gasteiger partial charge in [0.2, 0.25) is 0 Å². The zero-order valence-electron chi connectivity index (χ0n) is 12.4. The summed E-state index contributed by atoms with van der Waals surface area (Å²) in [6.07, 6.45) is 0. The van der Waals surface area contributed by atoms with Crippen molar-refractivity contribution >= 4 is 17.2 Å². The Morgan fingerprint density at radius 3 is 2.86 bits per heavy atom. The monoisotopic (exact) mass is 312 g/mol. The predicted octanol–water partition coefficient (Wildman–Crippen LogP) is 3.95. The maximum Gasteiger partial charge on any atom is 0.287 e. The molecule has 0 aliphatic rings. The number of furan rings is 1. The van der Waals surface area contributed by atoms with Crippen molar-refractivity contribution in [2.75, 3.05) is 0 Å². The van der Waals surface area contributed by atoms with E-state index in [1.165, 1.54) is 5.56 Å². The zero-order valence-corrected chi connectivity index (χ0v) is 13.2. The van der Waals surface area contributed by atoms with Gasteiger partial charge in [0.25, 0.3) is 5.91 Å². The Bertz CT molecular complexity index is 804. The van der Waals surface area contributed by atoms with Gasteiger partial charge < -0.3 is 9.73 Å². The maximum absolute atomic E-state index is 12.1. The van der Waals surface area contributed by atoms with Gasteiger partial charge in [0.15, 0.2) is 11.5 Å². The van der Waals surface area contributed by atoms with E-state index < -0.39 is 0 Å². The van der Waals surface area contributed by atoms with E-state index in [4.69, 9.17) is 4.42 Å². The highest BCUT2D eigenvalue weighted by Gasteiger charge is 2.13. The molecular weight excluding hydrogens is 296 g/mol. The number of aromatic nitrogens is 1. The van der Waals surface area contributed by atoms with E-state index in [2.05, 4.69) is 10.3 Å². The Morgan fingerprint density at radius 1 is 1.27 bits per heavy atom. The molecule has 0 aliphatic carbocycles. The minimum atomic E-state index is -0.222. The van der Waals surface area contributed by atoms with Crippen LogP contribution in [0.4, 0.5) is 0 Å². The standard InChI is InChI=1S/C17H16N2O2S/c1-11-4-3-5-13(8-11)9-18-17(20)16-7-6-15(21-16)14-10-22-12(2)19-14/h3-8,10H,9H2,1-2H3,(H,18,20). The molecule has 0 saturated heterocycles. The third kappa shape index (κ3) is 3.26. The Hall–Kier alpha value is -2.40. The summed E-state index contributed by atoms with van der Waals surface area (Å²) in [7, 11) is 0. The van der Waals surface area contributed by atoms with Crippen molar-refractivity contribution in [1.82, 2.24) is 10.3 Å². The number of hydrogen-bond acceptors (Lipinski definition) is 4. The quantitative estimate of drug-likeness (QED) is 0.793. The summed E-state index contributed by atoms with van der Waals surface area (Å²) >= 11 is 1.55. The van der Waals surface area contributed by atoms with E-state index in [9.17, 15) is 4.79 Å². The second kappa shape index (κ2) is 6.15. The van der Waals surface area contributed by atoms with Gasteiger partial charge in [-0.3, -0.25) is 4.79 Å². The van der Waals surface area contributed by atoms with Gasteiger partial charge in [-0.2, -0.15) is 0 Å². The molecule has 0 bridgehead atoms. The van der Waals surface area contributed by atoms with Crippen molar-refractivity contribution in [3.63, 3.8) is 0 Å². The van der Waals surface area contributed by atoms with Crippen molar-refractivity contribution < 1.29 is 9.21 Å². The Labute approximate surface area is 132 Å². The maximum atomic E-state index is 12.1. The molecule has 0 radical (unpaired) electrons. The van der Waals surface area contributed by atoms with Crippen LogP contribution in [0.3, 0.4) is 0 Å². The fourth-order valence-electron chi connectivity index (χ4n) is 2.17. The smallest absolute Gasteiger partial charge is 0.287 e. The van der Waals surface area contributed by atoms with Crippen LogP contribution in [0.15, 0.2) is 46.2 Å². The molecule has 0 fully saturated rings. The largest absolute Gasteiger partial charge is 0.449 e. The van der Waals surface area contributed by atoms with Crippen molar-refractivity contribution in [3.8, 4) is 11.5 Å². The average Bonchev–Trinajstić information content (AvgIpc) is 3.13. The number of nitrogens with zero attached hydrogens (tertiary/aromatic N) is 1. The summed E-state index contributed by atoms with van der Waals surface area (Å²) < 4.78 is 5.59. The van der Waals surface area contributed by atoms with E-state index in [1.54, 1.807) is 23.5 Å². The zero-order chi connectivity index (χ0) is 15.5. The van der Waals surface area contributed by atoms with Gasteiger partial charge in [0.1, 0.15) is 5.69 Å². The normalized spacial score (nSPS) is 10.6. The van der Waals surface area contributed by atoms with Crippen LogP contribution in [0.2, 0.25) is 0 Å². The molecule has 22 heavy (non-hydrogen) atoms. The number of aryl methyl sites for hydroxylation is 2. The summed E-state index contributed by atoms with van der Waals surface area (Å²) in [5.41, 5.74) is 3.00. The van der Waals surface area contributed by atoms with E-state index >= 15 is 0 Å². The number of benzene rings is 1. The average molecular weight is 312 g/mol. The molecule has 112 valence electrons. The van der Waals surface area contributed by atoms with E-state index in [-0.39, 0.29) is 5.91 Å². The van der Waals surface area contributed by atoms with Gasteiger partial charge in [-0.15, -0.1) is 11.3 Å². The minimum absolute atomic E-state index is 0.222. The Balaban J connectivity index is 1.67. The van der Waals surface area contributed by atoms with Crippen LogP contribution in [0, 0.1) is 13.8 Å². The van der Waals surface area contributed by atoms with Crippen molar-refractivity contribution in [1.29, 1.82) is 0 Å². The van der Waals surface area contributed by atoms with Crippen LogP contribution in [-0.2, 0) is 6.54 Å². The number of amides is 1. The molecule has 2 aromatic heterocycles. The molecule has 4 nitrogen and oxygen atoms in total. The first-order valence-electron chi connectivity index (χ1n) is 6.98. The molecule has 0 spiro atoms. The molecule has 1 N–H and O–H groups in total. The molecule has 0 aliphatic heterocycles. The fraction of sp³-hybridized carbons (Fsp3) is 0.176. The lowest BCUT2D eigenvalue weighted by molar-refractivity contribution is 0.0924. The van der Waals surface area contributed by atoms with Gasteiger partial charge in [-0.1, -0.05) is 29.8 Å². The SMILES string of the molecule is Cc1cccc(CNC(=O)c2ccc(-c3csc(C)n3)o2)c1. The highest BCUT2D eigenvalue weighted by Crippen LogP contribution is 2.23. The van der Waals surface area contributed by atoms with Crippen LogP contribution in [0.25, 0.3) is 11.5 Å². The third-order valence-electron chi connectivity index (χ3n) is 3.24. The first kappa shape index (κ1) is 14.5.